The zero-order valence-corrected chi connectivity index (χ0v) is 46.3. The Hall–Kier alpha value is -6.89. The van der Waals surface area contributed by atoms with Crippen LogP contribution in [0.3, 0.4) is 0 Å². The van der Waals surface area contributed by atoms with E-state index >= 15 is 0 Å². The second-order valence-electron chi connectivity index (χ2n) is 17.4. The van der Waals surface area contributed by atoms with E-state index < -0.39 is 71.9 Å². The molecule has 0 radical (unpaired) electrons. The summed E-state index contributed by atoms with van der Waals surface area (Å²) < 4.78 is 0. The number of aliphatic hydroxyl groups is 3. The average molecular weight is 1140 g/mol. The third-order valence-corrected chi connectivity index (χ3v) is 16.6. The minimum Gasteiger partial charge on any atom is -0.392 e. The van der Waals surface area contributed by atoms with E-state index in [1.54, 1.807) is 48.2 Å². The molecule has 0 saturated heterocycles. The number of nitrogens with one attached hydrogen (secondary N) is 6. The average Bonchev–Trinajstić information content (AvgIpc) is 4.26. The van der Waals surface area contributed by atoms with Crippen LogP contribution in [0.5, 0.6) is 0 Å². The van der Waals surface area contributed by atoms with Crippen LogP contribution in [0, 0.1) is 5.92 Å². The standard InChI is InChI=1S/C48H49N13O9S6/c1-8-24(37(65)49-12-20(5)62)51-38(66)28-15-73-46(56-28)32-18-74-45(58-32)26-11-10-23-36(50-26)27-13-75-48(53-27)35(22(7)64)61-41(69)31-17-76-47(57-31)33(19(3)4)59-39(67)30-16-72-44(55-30)25(9-2)52-42(70)34(21(6)63)60-40(68)29-14-71-43(23)54-29/h8-11,13-22,33-35,62-64H,12H2,1-7H3,(H,49,65)(H,51,66)(H,52,70)(H,59,67)(H,60,68)(H,61,69)/b24-8+,25-9+/t20-,21?,22-,33-,34?,35+/m1/s1. The zero-order chi connectivity index (χ0) is 54.5. The summed E-state index contributed by atoms with van der Waals surface area (Å²) in [6, 6.07) is 0.366. The van der Waals surface area contributed by atoms with Gasteiger partial charge in [-0.25, -0.2) is 34.9 Å². The number of nitrogens with zero attached hydrogens (tertiary/aromatic N) is 7. The normalized spacial score (nSPS) is 18.5. The Morgan fingerprint density at radius 1 is 0.605 bits per heavy atom. The van der Waals surface area contributed by atoms with Crippen molar-refractivity contribution in [3.05, 3.63) is 100 Å². The minimum atomic E-state index is -1.45. The fourth-order valence-corrected chi connectivity index (χ4v) is 12.4. The molecule has 8 bridgehead atoms. The van der Waals surface area contributed by atoms with Gasteiger partial charge >= 0.3 is 0 Å². The van der Waals surface area contributed by atoms with Gasteiger partial charge in [0.15, 0.2) is 0 Å². The molecular weight excluding hydrogens is 1100 g/mol. The fraction of sp³-hybridized carbons (Fsp3) is 0.312. The molecule has 0 saturated carbocycles. The third kappa shape index (κ3) is 12.5. The zero-order valence-electron chi connectivity index (χ0n) is 41.4. The van der Waals surface area contributed by atoms with Gasteiger partial charge in [-0.1, -0.05) is 26.0 Å². The molecule has 8 heterocycles. The van der Waals surface area contributed by atoms with Gasteiger partial charge in [-0.15, -0.1) is 68.0 Å². The number of fused-ring (bicyclic) bond motifs is 11. The molecule has 8 rings (SSSR count). The second kappa shape index (κ2) is 24.0. The first-order valence-electron chi connectivity index (χ1n) is 23.3. The first kappa shape index (κ1) is 55.3. The van der Waals surface area contributed by atoms with Crippen LogP contribution in [0.15, 0.2) is 62.3 Å². The van der Waals surface area contributed by atoms with E-state index in [0.29, 0.717) is 53.4 Å². The number of carbonyl (C=O) groups is 6. The van der Waals surface area contributed by atoms with Gasteiger partial charge in [0, 0.05) is 44.4 Å². The molecule has 1 aliphatic heterocycles. The van der Waals surface area contributed by atoms with E-state index in [9.17, 15) is 44.1 Å². The van der Waals surface area contributed by atoms with E-state index in [0.717, 1.165) is 34.0 Å². The van der Waals surface area contributed by atoms with Crippen LogP contribution in [0.4, 0.5) is 0 Å². The molecule has 0 aromatic carbocycles. The van der Waals surface area contributed by atoms with Crippen molar-refractivity contribution in [1.29, 1.82) is 0 Å². The molecule has 0 aliphatic carbocycles. The maximum atomic E-state index is 13.9. The minimum absolute atomic E-state index is 0.00119. The molecule has 6 amide bonds. The number of aliphatic hydroxyl groups excluding tert-OH is 3. The van der Waals surface area contributed by atoms with Crippen molar-refractivity contribution in [2.45, 2.75) is 84.9 Å². The van der Waals surface area contributed by atoms with Gasteiger partial charge in [0.25, 0.3) is 29.5 Å². The Labute approximate surface area is 458 Å². The number of thiazole rings is 6. The predicted octanol–water partition coefficient (Wildman–Crippen LogP) is 5.57. The summed E-state index contributed by atoms with van der Waals surface area (Å²) in [7, 11) is 0. The van der Waals surface area contributed by atoms with Crippen molar-refractivity contribution in [3.8, 4) is 43.4 Å². The maximum absolute atomic E-state index is 13.9. The first-order valence-corrected chi connectivity index (χ1v) is 28.6. The molecule has 28 heteroatoms. The highest BCUT2D eigenvalue weighted by Crippen LogP contribution is 2.38. The Morgan fingerprint density at radius 2 is 1.13 bits per heavy atom. The summed E-state index contributed by atoms with van der Waals surface area (Å²) in [5, 5.41) is 59.6. The summed E-state index contributed by atoms with van der Waals surface area (Å²) in [5.74, 6) is -4.00. The number of carbonyl (C=O) groups excluding carboxylic acids is 6. The van der Waals surface area contributed by atoms with E-state index in [2.05, 4.69) is 51.8 Å². The van der Waals surface area contributed by atoms with Crippen molar-refractivity contribution in [2.75, 3.05) is 6.54 Å². The molecule has 7 aromatic heterocycles. The van der Waals surface area contributed by atoms with Crippen LogP contribution in [-0.2, 0) is 9.59 Å². The summed E-state index contributed by atoms with van der Waals surface area (Å²) >= 11 is 6.97. The van der Waals surface area contributed by atoms with Crippen molar-refractivity contribution in [2.24, 2.45) is 5.92 Å². The number of rotatable bonds is 10. The highest BCUT2D eigenvalue weighted by molar-refractivity contribution is 7.15. The van der Waals surface area contributed by atoms with E-state index in [1.165, 1.54) is 77.0 Å². The molecule has 9 N–H and O–H groups in total. The van der Waals surface area contributed by atoms with Gasteiger partial charge in [-0.2, -0.15) is 0 Å². The summed E-state index contributed by atoms with van der Waals surface area (Å²) in [5.41, 5.74) is 2.26. The lowest BCUT2D eigenvalue weighted by Gasteiger charge is -2.21. The molecule has 76 heavy (non-hydrogen) atoms. The molecule has 7 aromatic rings. The lowest BCUT2D eigenvalue weighted by atomic mass is 10.1. The maximum Gasteiger partial charge on any atom is 0.275 e. The van der Waals surface area contributed by atoms with Crippen LogP contribution in [-0.4, -0.2) is 117 Å². The second-order valence-corrected chi connectivity index (χ2v) is 22.6. The molecule has 2 unspecified atom stereocenters. The first-order chi connectivity index (χ1) is 36.3. The van der Waals surface area contributed by atoms with Gasteiger partial charge in [0.1, 0.15) is 87.7 Å². The lowest BCUT2D eigenvalue weighted by molar-refractivity contribution is -0.124. The van der Waals surface area contributed by atoms with Gasteiger partial charge in [-0.3, -0.25) is 28.8 Å². The quantitative estimate of drug-likeness (QED) is 0.0756. The summed E-state index contributed by atoms with van der Waals surface area (Å²) in [4.78, 5) is 114. The highest BCUT2D eigenvalue weighted by atomic mass is 32.1. The summed E-state index contributed by atoms with van der Waals surface area (Å²) in [6.07, 6.45) is -0.261. The molecule has 22 nitrogen and oxygen atoms in total. The van der Waals surface area contributed by atoms with Crippen LogP contribution < -0.4 is 31.9 Å². The van der Waals surface area contributed by atoms with Gasteiger partial charge < -0.3 is 47.2 Å². The summed E-state index contributed by atoms with van der Waals surface area (Å²) in [6.45, 7) is 11.4. The van der Waals surface area contributed by atoms with Crippen LogP contribution in [0.1, 0.15) is 118 Å². The van der Waals surface area contributed by atoms with Gasteiger partial charge in [-0.05, 0) is 52.7 Å². The number of amides is 6. The number of aromatic nitrogens is 7. The third-order valence-electron chi connectivity index (χ3n) is 11.2. The van der Waals surface area contributed by atoms with Crippen LogP contribution in [0.2, 0.25) is 0 Å². The molecule has 6 atom stereocenters. The number of hydrogen-bond acceptors (Lipinski definition) is 22. The number of allylic oxidation sites excluding steroid dienone is 2. The van der Waals surface area contributed by atoms with Crippen LogP contribution in [0.25, 0.3) is 49.1 Å². The Kier molecular flexibility index (Phi) is 17.5. The Bertz CT molecular complexity index is 3380. The molecule has 0 spiro atoms. The Balaban J connectivity index is 1.15. The highest BCUT2D eigenvalue weighted by Gasteiger charge is 2.32. The molecular formula is C48H49N13O9S6. The van der Waals surface area contributed by atoms with Crippen molar-refractivity contribution in [1.82, 2.24) is 66.8 Å². The number of pyridine rings is 1. The molecule has 1 aliphatic rings. The largest absolute Gasteiger partial charge is 0.392 e. The Morgan fingerprint density at radius 3 is 1.78 bits per heavy atom. The van der Waals surface area contributed by atoms with Crippen molar-refractivity contribution < 1.29 is 44.1 Å². The molecule has 0 fully saturated rings. The van der Waals surface area contributed by atoms with Gasteiger partial charge in [0.2, 0.25) is 5.91 Å². The van der Waals surface area contributed by atoms with E-state index in [1.807, 2.05) is 13.8 Å². The lowest BCUT2D eigenvalue weighted by Crippen LogP contribution is -2.52. The number of hydrogen-bond donors (Lipinski definition) is 9. The van der Waals surface area contributed by atoms with E-state index in [-0.39, 0.29) is 51.6 Å². The predicted molar refractivity (Wildman–Crippen MR) is 290 cm³/mol. The monoisotopic (exact) mass is 1140 g/mol. The topological polar surface area (TPSA) is 326 Å². The van der Waals surface area contributed by atoms with Crippen molar-refractivity contribution in [3.63, 3.8) is 0 Å². The van der Waals surface area contributed by atoms with Gasteiger partial charge in [0.05, 0.1) is 35.7 Å². The van der Waals surface area contributed by atoms with Crippen LogP contribution >= 0.6 is 68.0 Å². The van der Waals surface area contributed by atoms with Crippen molar-refractivity contribution >= 4 is 109 Å². The smallest absolute Gasteiger partial charge is 0.275 e. The SMILES string of the molecule is C/C=C(/NC(=O)c1csc(-c2csc(-c3ccc4c(n3)-c3csc(n3)[C@H]([C@@H](C)O)NC(=O)c3csc(n3)[C@@H](C(C)C)NC(=O)c3csc(n3)/C(=C\C)NC(=O)C(C(C)O)NC(=O)c3csc-4n3)n2)n1)C(=O)NC[C@@H](C)O. The van der Waals surface area contributed by atoms with E-state index in [4.69, 9.17) is 15.0 Å². The fourth-order valence-electron chi connectivity index (χ4n) is 7.20. The molecule has 396 valence electrons.